The average molecular weight is 345 g/mol. The topological polar surface area (TPSA) is 84.7 Å². The van der Waals surface area contributed by atoms with Crippen molar-refractivity contribution in [3.8, 4) is 0 Å². The lowest BCUT2D eigenvalue weighted by Gasteiger charge is -2.14. The molecule has 1 atom stereocenters. The summed E-state index contributed by atoms with van der Waals surface area (Å²) in [6, 6.07) is 6.20. The van der Waals surface area contributed by atoms with E-state index in [0.29, 0.717) is 23.7 Å². The van der Waals surface area contributed by atoms with E-state index in [4.69, 9.17) is 0 Å². The highest BCUT2D eigenvalue weighted by atomic mass is 19.1. The molecular weight excluding hydrogens is 325 g/mol. The molecule has 3 aromatic rings. The summed E-state index contributed by atoms with van der Waals surface area (Å²) in [5.41, 5.74) is 0.420. The summed E-state index contributed by atoms with van der Waals surface area (Å²) in [4.78, 5) is 31.0. The zero-order valence-corrected chi connectivity index (χ0v) is 14.3. The molecule has 0 saturated carbocycles. The molecule has 25 heavy (non-hydrogen) atoms. The number of aryl methyl sites for hydroxylation is 1. The molecule has 2 N–H and O–H groups in total. The first-order valence-electron chi connectivity index (χ1n) is 8.11. The maximum absolute atomic E-state index is 13.2. The van der Waals surface area contributed by atoms with Crippen molar-refractivity contribution in [1.29, 1.82) is 0 Å². The second kappa shape index (κ2) is 6.54. The third-order valence-electron chi connectivity index (χ3n) is 4.25. The van der Waals surface area contributed by atoms with Crippen LogP contribution >= 0.6 is 0 Å². The first-order valence-corrected chi connectivity index (χ1v) is 8.11. The Morgan fingerprint density at radius 3 is 2.60 bits per heavy atom. The van der Waals surface area contributed by atoms with E-state index in [1.807, 2.05) is 13.8 Å². The normalized spacial score (nSPS) is 12.5. The molecule has 2 aromatic heterocycles. The molecular formula is C17H20FN5O2. The molecule has 0 spiro atoms. The highest BCUT2D eigenvalue weighted by Crippen LogP contribution is 2.19. The van der Waals surface area contributed by atoms with Gasteiger partial charge in [-0.3, -0.25) is 18.9 Å². The molecule has 2 heterocycles. The van der Waals surface area contributed by atoms with Crippen LogP contribution in [-0.2, 0) is 13.6 Å². The van der Waals surface area contributed by atoms with E-state index in [-0.39, 0.29) is 11.9 Å². The van der Waals surface area contributed by atoms with E-state index in [1.165, 1.54) is 16.7 Å². The minimum absolute atomic E-state index is 0.139. The predicted octanol–water partition coefficient (Wildman–Crippen LogP) is 1.82. The van der Waals surface area contributed by atoms with Gasteiger partial charge in [0, 0.05) is 13.1 Å². The SMILES string of the molecule is CC[C@H](C)Nc1nc2c(c(=O)[nH]c(=O)n2C)n1Cc1ccc(F)cc1. The Balaban J connectivity index is 2.20. The van der Waals surface area contributed by atoms with Crippen molar-refractivity contribution in [3.63, 3.8) is 0 Å². The van der Waals surface area contributed by atoms with Gasteiger partial charge in [-0.15, -0.1) is 0 Å². The third-order valence-corrected chi connectivity index (χ3v) is 4.25. The van der Waals surface area contributed by atoms with Crippen LogP contribution in [-0.4, -0.2) is 25.1 Å². The lowest BCUT2D eigenvalue weighted by molar-refractivity contribution is 0.626. The van der Waals surface area contributed by atoms with Crippen molar-refractivity contribution in [1.82, 2.24) is 19.1 Å². The zero-order chi connectivity index (χ0) is 18.1. The molecule has 3 rings (SSSR count). The van der Waals surface area contributed by atoms with Gasteiger partial charge in [-0.05, 0) is 31.0 Å². The van der Waals surface area contributed by atoms with Gasteiger partial charge in [-0.2, -0.15) is 4.98 Å². The fraction of sp³-hybridized carbons (Fsp3) is 0.353. The number of fused-ring (bicyclic) bond motifs is 1. The van der Waals surface area contributed by atoms with Crippen LogP contribution < -0.4 is 16.6 Å². The number of hydrogen-bond donors (Lipinski definition) is 2. The van der Waals surface area contributed by atoms with Crippen LogP contribution in [0.25, 0.3) is 11.2 Å². The zero-order valence-electron chi connectivity index (χ0n) is 14.3. The van der Waals surface area contributed by atoms with Crippen LogP contribution in [0.5, 0.6) is 0 Å². The van der Waals surface area contributed by atoms with Crippen LogP contribution in [0.15, 0.2) is 33.9 Å². The van der Waals surface area contributed by atoms with Gasteiger partial charge in [0.15, 0.2) is 11.2 Å². The van der Waals surface area contributed by atoms with Crippen molar-refractivity contribution >= 4 is 17.1 Å². The number of H-pyrrole nitrogens is 1. The molecule has 0 fully saturated rings. The standard InChI is InChI=1S/C17H20FN5O2/c1-4-10(2)19-16-20-14-13(15(24)21-17(25)22(14)3)23(16)9-11-5-7-12(18)8-6-11/h5-8,10H,4,9H2,1-3H3,(H,19,20)(H,21,24,25)/t10-/m0/s1. The maximum atomic E-state index is 13.2. The number of hydrogen-bond acceptors (Lipinski definition) is 4. The smallest absolute Gasteiger partial charge is 0.329 e. The van der Waals surface area contributed by atoms with Gasteiger partial charge in [-0.25, -0.2) is 9.18 Å². The lowest BCUT2D eigenvalue weighted by atomic mass is 10.2. The summed E-state index contributed by atoms with van der Waals surface area (Å²) in [6.45, 7) is 4.37. The Kier molecular flexibility index (Phi) is 4.43. The number of halogens is 1. The fourth-order valence-electron chi connectivity index (χ4n) is 2.59. The van der Waals surface area contributed by atoms with Gasteiger partial charge < -0.3 is 5.32 Å². The van der Waals surface area contributed by atoms with E-state index in [1.54, 1.807) is 23.7 Å². The average Bonchev–Trinajstić information content (AvgIpc) is 2.93. The minimum atomic E-state index is -0.515. The summed E-state index contributed by atoms with van der Waals surface area (Å²) >= 11 is 0. The van der Waals surface area contributed by atoms with E-state index in [2.05, 4.69) is 15.3 Å². The second-order valence-electron chi connectivity index (χ2n) is 6.09. The van der Waals surface area contributed by atoms with Crippen LogP contribution in [0.3, 0.4) is 0 Å². The molecule has 0 amide bonds. The number of imidazole rings is 1. The highest BCUT2D eigenvalue weighted by molar-refractivity contribution is 5.74. The first-order chi connectivity index (χ1) is 11.9. The maximum Gasteiger partial charge on any atom is 0.329 e. The van der Waals surface area contributed by atoms with E-state index >= 15 is 0 Å². The van der Waals surface area contributed by atoms with Crippen LogP contribution in [0.4, 0.5) is 10.3 Å². The number of benzene rings is 1. The van der Waals surface area contributed by atoms with Gasteiger partial charge in [0.05, 0.1) is 6.54 Å². The van der Waals surface area contributed by atoms with Crippen molar-refractivity contribution < 1.29 is 4.39 Å². The van der Waals surface area contributed by atoms with Gasteiger partial charge in [-0.1, -0.05) is 19.1 Å². The number of nitrogens with zero attached hydrogens (tertiary/aromatic N) is 3. The summed E-state index contributed by atoms with van der Waals surface area (Å²) < 4.78 is 16.2. The largest absolute Gasteiger partial charge is 0.353 e. The Labute approximate surface area is 143 Å². The Bertz CT molecular complexity index is 1020. The molecule has 0 saturated heterocycles. The number of aromatic amines is 1. The van der Waals surface area contributed by atoms with Gasteiger partial charge >= 0.3 is 5.69 Å². The quantitative estimate of drug-likeness (QED) is 0.739. The predicted molar refractivity (Wildman–Crippen MR) is 94.5 cm³/mol. The molecule has 0 radical (unpaired) electrons. The third kappa shape index (κ3) is 3.19. The Morgan fingerprint density at radius 1 is 1.28 bits per heavy atom. The monoisotopic (exact) mass is 345 g/mol. The second-order valence-corrected chi connectivity index (χ2v) is 6.09. The Hall–Kier alpha value is -2.90. The number of nitrogens with one attached hydrogen (secondary N) is 2. The molecule has 0 aliphatic carbocycles. The van der Waals surface area contributed by atoms with Gasteiger partial charge in [0.2, 0.25) is 5.95 Å². The Morgan fingerprint density at radius 2 is 1.96 bits per heavy atom. The molecule has 7 nitrogen and oxygen atoms in total. The lowest BCUT2D eigenvalue weighted by Crippen LogP contribution is -2.29. The van der Waals surface area contributed by atoms with Gasteiger partial charge in [0.1, 0.15) is 5.82 Å². The highest BCUT2D eigenvalue weighted by Gasteiger charge is 2.18. The number of aromatic nitrogens is 4. The van der Waals surface area contributed by atoms with E-state index in [9.17, 15) is 14.0 Å². The van der Waals surface area contributed by atoms with Crippen LogP contribution in [0.1, 0.15) is 25.8 Å². The van der Waals surface area contributed by atoms with Crippen molar-refractivity contribution in [2.75, 3.05) is 5.32 Å². The van der Waals surface area contributed by atoms with Gasteiger partial charge in [0.25, 0.3) is 5.56 Å². The molecule has 0 aliphatic heterocycles. The summed E-state index contributed by atoms with van der Waals surface area (Å²) in [7, 11) is 1.56. The van der Waals surface area contributed by atoms with E-state index < -0.39 is 11.2 Å². The summed E-state index contributed by atoms with van der Waals surface area (Å²) in [5, 5.41) is 3.26. The molecule has 0 bridgehead atoms. The minimum Gasteiger partial charge on any atom is -0.353 e. The molecule has 1 aromatic carbocycles. The summed E-state index contributed by atoms with van der Waals surface area (Å²) in [6.07, 6.45) is 0.870. The van der Waals surface area contributed by atoms with Crippen LogP contribution in [0.2, 0.25) is 0 Å². The van der Waals surface area contributed by atoms with Crippen LogP contribution in [0, 0.1) is 5.82 Å². The molecule has 0 unspecified atom stereocenters. The molecule has 132 valence electrons. The first kappa shape index (κ1) is 16.9. The van der Waals surface area contributed by atoms with Crippen molar-refractivity contribution in [2.24, 2.45) is 7.05 Å². The van der Waals surface area contributed by atoms with E-state index in [0.717, 1.165) is 12.0 Å². The molecule has 0 aliphatic rings. The van der Waals surface area contributed by atoms with Crippen molar-refractivity contribution in [2.45, 2.75) is 32.9 Å². The summed E-state index contributed by atoms with van der Waals surface area (Å²) in [5.74, 6) is 0.179. The molecule has 8 heteroatoms. The fourth-order valence-corrected chi connectivity index (χ4v) is 2.59. The number of rotatable bonds is 5. The number of anilines is 1. The van der Waals surface area contributed by atoms with Crippen molar-refractivity contribution in [3.05, 3.63) is 56.5 Å².